The van der Waals surface area contributed by atoms with Crippen molar-refractivity contribution in [1.29, 1.82) is 0 Å². The van der Waals surface area contributed by atoms with Crippen LogP contribution in [0.4, 0.5) is 10.2 Å². The van der Waals surface area contributed by atoms with Crippen LogP contribution in [0.3, 0.4) is 0 Å². The number of hydrogen-bond donors (Lipinski definition) is 0. The Hall–Kier alpha value is -2.02. The van der Waals surface area contributed by atoms with Crippen LogP contribution in [0.2, 0.25) is 0 Å². The van der Waals surface area contributed by atoms with Crippen LogP contribution < -0.4 is 4.74 Å². The molecular formula is C15H17FN4OS. The van der Waals surface area contributed by atoms with Crippen LogP contribution >= 0.6 is 11.3 Å². The Morgan fingerprint density at radius 3 is 3.14 bits per heavy atom. The Balaban J connectivity index is 1.76. The van der Waals surface area contributed by atoms with Gasteiger partial charge in [-0.05, 0) is 24.3 Å². The van der Waals surface area contributed by atoms with Crippen molar-refractivity contribution in [3.63, 3.8) is 0 Å². The molecule has 3 rings (SSSR count). The van der Waals surface area contributed by atoms with Crippen molar-refractivity contribution in [2.75, 3.05) is 13.6 Å². The predicted molar refractivity (Wildman–Crippen MR) is 84.2 cm³/mol. The number of halogens is 1. The third-order valence-corrected chi connectivity index (χ3v) is 4.30. The first-order valence-electron chi connectivity index (χ1n) is 7.19. The smallest absolute Gasteiger partial charge is 0.318 e. The maximum Gasteiger partial charge on any atom is 0.318 e. The van der Waals surface area contributed by atoms with Gasteiger partial charge in [0, 0.05) is 24.9 Å². The van der Waals surface area contributed by atoms with Crippen LogP contribution in [0, 0.1) is 5.82 Å². The van der Waals surface area contributed by atoms with Gasteiger partial charge in [0.25, 0.3) is 0 Å². The van der Waals surface area contributed by atoms with Crippen molar-refractivity contribution in [2.24, 2.45) is 4.99 Å². The van der Waals surface area contributed by atoms with Crippen LogP contribution in [0.25, 0.3) is 0 Å². The summed E-state index contributed by atoms with van der Waals surface area (Å²) < 4.78 is 19.4. The summed E-state index contributed by atoms with van der Waals surface area (Å²) in [7, 11) is 1.96. The van der Waals surface area contributed by atoms with Gasteiger partial charge in [-0.25, -0.2) is 14.4 Å². The molecule has 7 heteroatoms. The quantitative estimate of drug-likeness (QED) is 0.866. The Morgan fingerprint density at radius 1 is 1.45 bits per heavy atom. The van der Waals surface area contributed by atoms with Gasteiger partial charge in [0.15, 0.2) is 11.6 Å². The molecule has 0 radical (unpaired) electrons. The van der Waals surface area contributed by atoms with Gasteiger partial charge in [-0.2, -0.15) is 4.98 Å². The molecule has 1 saturated heterocycles. The van der Waals surface area contributed by atoms with E-state index in [-0.39, 0.29) is 11.8 Å². The van der Waals surface area contributed by atoms with Crippen molar-refractivity contribution in [2.45, 2.75) is 25.9 Å². The Morgan fingerprint density at radius 2 is 2.36 bits per heavy atom. The SMILES string of the molecule is CN1CCCC/C1=N\c1nc(OCc2cccs2)ncc1F. The van der Waals surface area contributed by atoms with Gasteiger partial charge in [0.05, 0.1) is 6.20 Å². The fourth-order valence-corrected chi connectivity index (χ4v) is 2.85. The molecule has 0 aromatic carbocycles. The average Bonchev–Trinajstić information content (AvgIpc) is 3.03. The molecule has 1 aliphatic rings. The predicted octanol–water partition coefficient (Wildman–Crippen LogP) is 3.40. The highest BCUT2D eigenvalue weighted by molar-refractivity contribution is 7.09. The molecule has 3 heterocycles. The molecule has 0 N–H and O–H groups in total. The molecule has 0 saturated carbocycles. The zero-order valence-electron chi connectivity index (χ0n) is 12.3. The highest BCUT2D eigenvalue weighted by atomic mass is 32.1. The van der Waals surface area contributed by atoms with Crippen LogP contribution in [0.1, 0.15) is 24.1 Å². The fraction of sp³-hybridized carbons (Fsp3) is 0.400. The first-order chi connectivity index (χ1) is 10.7. The van der Waals surface area contributed by atoms with Crippen LogP contribution in [0.15, 0.2) is 28.7 Å². The summed E-state index contributed by atoms with van der Waals surface area (Å²) in [4.78, 5) is 15.4. The van der Waals surface area contributed by atoms with Crippen molar-refractivity contribution in [3.8, 4) is 6.01 Å². The van der Waals surface area contributed by atoms with Gasteiger partial charge in [-0.1, -0.05) is 6.07 Å². The van der Waals surface area contributed by atoms with Crippen molar-refractivity contribution < 1.29 is 9.13 Å². The number of aliphatic imine (C=N–C) groups is 1. The number of likely N-dealkylation sites (tertiary alicyclic amines) is 1. The fourth-order valence-electron chi connectivity index (χ4n) is 2.24. The Kier molecular flexibility index (Phi) is 4.62. The van der Waals surface area contributed by atoms with E-state index < -0.39 is 5.82 Å². The lowest BCUT2D eigenvalue weighted by molar-refractivity contribution is 0.283. The van der Waals surface area contributed by atoms with Crippen LogP contribution in [0.5, 0.6) is 6.01 Å². The summed E-state index contributed by atoms with van der Waals surface area (Å²) in [5, 5.41) is 1.97. The van der Waals surface area contributed by atoms with Gasteiger partial charge < -0.3 is 9.64 Å². The lowest BCUT2D eigenvalue weighted by atomic mass is 10.1. The number of piperidine rings is 1. The van der Waals surface area contributed by atoms with Crippen molar-refractivity contribution in [1.82, 2.24) is 14.9 Å². The van der Waals surface area contributed by atoms with Crippen LogP contribution in [-0.2, 0) is 6.61 Å². The molecule has 1 aliphatic heterocycles. The minimum atomic E-state index is -0.532. The Labute approximate surface area is 132 Å². The van der Waals surface area contributed by atoms with E-state index in [0.29, 0.717) is 6.61 Å². The average molecular weight is 320 g/mol. The molecule has 1 fully saturated rings. The standard InChI is InChI=1S/C15H17FN4OS/c1-20-7-3-2-6-13(20)18-14-12(16)9-17-15(19-14)21-10-11-5-4-8-22-11/h4-5,8-9H,2-3,6-7,10H2,1H3/b18-13+. The second kappa shape index (κ2) is 6.83. The summed E-state index contributed by atoms with van der Waals surface area (Å²) >= 11 is 1.59. The number of amidine groups is 1. The summed E-state index contributed by atoms with van der Waals surface area (Å²) in [5.41, 5.74) is 0. The molecule has 0 aliphatic carbocycles. The Bertz CT molecular complexity index is 660. The molecule has 2 aromatic rings. The second-order valence-corrected chi connectivity index (χ2v) is 6.13. The maximum atomic E-state index is 13.9. The lowest BCUT2D eigenvalue weighted by Gasteiger charge is -2.25. The molecule has 0 atom stereocenters. The van der Waals surface area contributed by atoms with E-state index in [2.05, 4.69) is 15.0 Å². The molecule has 5 nitrogen and oxygen atoms in total. The monoisotopic (exact) mass is 320 g/mol. The molecular weight excluding hydrogens is 303 g/mol. The second-order valence-electron chi connectivity index (χ2n) is 5.10. The number of nitrogens with zero attached hydrogens (tertiary/aromatic N) is 4. The number of ether oxygens (including phenoxy) is 1. The highest BCUT2D eigenvalue weighted by Crippen LogP contribution is 2.21. The summed E-state index contributed by atoms with van der Waals surface area (Å²) in [6.45, 7) is 1.31. The minimum Gasteiger partial charge on any atom is -0.458 e. The van der Waals surface area contributed by atoms with E-state index in [0.717, 1.165) is 42.7 Å². The van der Waals surface area contributed by atoms with Gasteiger partial charge >= 0.3 is 6.01 Å². The molecule has 0 amide bonds. The first-order valence-corrected chi connectivity index (χ1v) is 8.07. The summed E-state index contributed by atoms with van der Waals surface area (Å²) in [6, 6.07) is 4.06. The van der Waals surface area contributed by atoms with Crippen molar-refractivity contribution in [3.05, 3.63) is 34.4 Å². The lowest BCUT2D eigenvalue weighted by Crippen LogP contribution is -2.31. The van der Waals surface area contributed by atoms with E-state index in [1.807, 2.05) is 29.5 Å². The third-order valence-electron chi connectivity index (χ3n) is 3.45. The van der Waals surface area contributed by atoms with Gasteiger partial charge in [0.2, 0.25) is 0 Å². The van der Waals surface area contributed by atoms with Gasteiger partial charge in [-0.15, -0.1) is 11.3 Å². The minimum absolute atomic E-state index is 0.0416. The largest absolute Gasteiger partial charge is 0.458 e. The van der Waals surface area contributed by atoms with Crippen LogP contribution in [-0.4, -0.2) is 34.3 Å². The van der Waals surface area contributed by atoms with E-state index >= 15 is 0 Å². The molecule has 116 valence electrons. The number of aromatic nitrogens is 2. The van der Waals surface area contributed by atoms with E-state index in [1.165, 1.54) is 0 Å². The number of hydrogen-bond acceptors (Lipinski definition) is 5. The number of rotatable bonds is 4. The highest BCUT2D eigenvalue weighted by Gasteiger charge is 2.15. The zero-order chi connectivity index (χ0) is 15.4. The zero-order valence-corrected chi connectivity index (χ0v) is 13.1. The summed E-state index contributed by atoms with van der Waals surface area (Å²) in [6.07, 6.45) is 4.15. The molecule has 0 bridgehead atoms. The molecule has 22 heavy (non-hydrogen) atoms. The first kappa shape index (κ1) is 14.9. The third kappa shape index (κ3) is 3.59. The van der Waals surface area contributed by atoms with Gasteiger partial charge in [0.1, 0.15) is 12.4 Å². The van der Waals surface area contributed by atoms with E-state index in [4.69, 9.17) is 4.74 Å². The maximum absolute atomic E-state index is 13.9. The molecule has 0 unspecified atom stereocenters. The van der Waals surface area contributed by atoms with E-state index in [9.17, 15) is 4.39 Å². The van der Waals surface area contributed by atoms with E-state index in [1.54, 1.807) is 11.3 Å². The normalized spacial score (nSPS) is 17.0. The molecule has 0 spiro atoms. The summed E-state index contributed by atoms with van der Waals surface area (Å²) in [5.74, 6) is 0.364. The van der Waals surface area contributed by atoms with Crippen molar-refractivity contribution >= 4 is 23.0 Å². The molecule has 2 aromatic heterocycles. The van der Waals surface area contributed by atoms with Gasteiger partial charge in [-0.3, -0.25) is 0 Å². The number of thiophene rings is 1. The topological polar surface area (TPSA) is 50.6 Å².